The van der Waals surface area contributed by atoms with Gasteiger partial charge in [-0.05, 0) is 37.2 Å². The zero-order valence-electron chi connectivity index (χ0n) is 18.0. The smallest absolute Gasteiger partial charge is 0.337 e. The van der Waals surface area contributed by atoms with Crippen molar-refractivity contribution in [3.05, 3.63) is 40.2 Å². The van der Waals surface area contributed by atoms with Crippen LogP contribution in [0.25, 0.3) is 0 Å². The molecular formula is C22H26F6N4O. The van der Waals surface area contributed by atoms with Gasteiger partial charge in [0.2, 0.25) is 0 Å². The van der Waals surface area contributed by atoms with Gasteiger partial charge in [0.25, 0.3) is 5.91 Å². The summed E-state index contributed by atoms with van der Waals surface area (Å²) >= 11 is 0. The first-order valence-corrected chi connectivity index (χ1v) is 11.1. The van der Waals surface area contributed by atoms with Gasteiger partial charge in [-0.1, -0.05) is 12.2 Å². The van der Waals surface area contributed by atoms with Crippen molar-refractivity contribution in [2.45, 2.75) is 57.4 Å². The van der Waals surface area contributed by atoms with Crippen LogP contribution in [-0.2, 0) is 13.0 Å². The number of amides is 1. The highest BCUT2D eigenvalue weighted by molar-refractivity contribution is 5.94. The fraction of sp³-hybridized carbons (Fsp3) is 0.636. The number of likely N-dealkylation sites (tertiary alicyclic amines) is 1. The standard InChI is InChI=1S/C22H26F6N4O/c23-21(24,25)8-12-31-9-7-18-16(13-31)19(30-29-18)20(33)32-10-5-14(6-11-32)15-3-1-2-4-17(15)22(26,27)28/h1,3,14H,2,4-13H2,(H,29,30). The van der Waals surface area contributed by atoms with Gasteiger partial charge in [-0.25, -0.2) is 0 Å². The van der Waals surface area contributed by atoms with Gasteiger partial charge in [0.15, 0.2) is 5.69 Å². The molecule has 1 saturated heterocycles. The zero-order valence-corrected chi connectivity index (χ0v) is 18.0. The summed E-state index contributed by atoms with van der Waals surface area (Å²) < 4.78 is 78.0. The van der Waals surface area contributed by atoms with Crippen molar-refractivity contribution in [1.29, 1.82) is 0 Å². The maximum absolute atomic E-state index is 13.4. The lowest BCUT2D eigenvalue weighted by Gasteiger charge is -2.34. The number of H-pyrrole nitrogens is 1. The van der Waals surface area contributed by atoms with Crippen LogP contribution < -0.4 is 0 Å². The van der Waals surface area contributed by atoms with E-state index in [0.29, 0.717) is 56.5 Å². The molecule has 0 aromatic carbocycles. The third-order valence-corrected chi connectivity index (χ3v) is 6.70. The Labute approximate surface area is 187 Å². The number of piperidine rings is 1. The third kappa shape index (κ3) is 5.44. The first-order chi connectivity index (χ1) is 15.5. The highest BCUT2D eigenvalue weighted by atomic mass is 19.4. The maximum atomic E-state index is 13.4. The number of fused-ring (bicyclic) bond motifs is 1. The normalized spacial score (nSPS) is 21.0. The summed E-state index contributed by atoms with van der Waals surface area (Å²) in [5, 5.41) is 6.97. The lowest BCUT2D eigenvalue weighted by atomic mass is 9.82. The monoisotopic (exact) mass is 476 g/mol. The number of carbonyl (C=O) groups excluding carboxylic acids is 1. The van der Waals surface area contributed by atoms with Crippen molar-refractivity contribution in [3.63, 3.8) is 0 Å². The van der Waals surface area contributed by atoms with E-state index < -0.39 is 24.3 Å². The van der Waals surface area contributed by atoms with E-state index >= 15 is 0 Å². The van der Waals surface area contributed by atoms with E-state index in [1.807, 2.05) is 0 Å². The van der Waals surface area contributed by atoms with Crippen LogP contribution in [0.15, 0.2) is 23.3 Å². The Morgan fingerprint density at radius 1 is 1.09 bits per heavy atom. The molecule has 0 radical (unpaired) electrons. The number of rotatable bonds is 4. The molecule has 3 heterocycles. The molecule has 11 heteroatoms. The Kier molecular flexibility index (Phi) is 6.61. The van der Waals surface area contributed by atoms with Crippen LogP contribution in [-0.4, -0.2) is 64.4 Å². The van der Waals surface area contributed by atoms with E-state index in [1.165, 1.54) is 0 Å². The van der Waals surface area contributed by atoms with E-state index in [1.54, 1.807) is 22.0 Å². The van der Waals surface area contributed by atoms with Crippen LogP contribution >= 0.6 is 0 Å². The molecule has 1 amide bonds. The number of aromatic amines is 1. The van der Waals surface area contributed by atoms with E-state index in [4.69, 9.17) is 0 Å². The molecule has 3 aliphatic rings. The molecule has 33 heavy (non-hydrogen) atoms. The van der Waals surface area contributed by atoms with Gasteiger partial charge in [-0.2, -0.15) is 31.4 Å². The lowest BCUT2D eigenvalue weighted by molar-refractivity contribution is -0.138. The average Bonchev–Trinajstić information content (AvgIpc) is 3.19. The Morgan fingerprint density at radius 3 is 2.48 bits per heavy atom. The number of nitrogens with zero attached hydrogens (tertiary/aromatic N) is 3. The van der Waals surface area contributed by atoms with E-state index in [-0.39, 0.29) is 37.0 Å². The Hall–Kier alpha value is -2.30. The fourth-order valence-corrected chi connectivity index (χ4v) is 4.92. The first-order valence-electron chi connectivity index (χ1n) is 11.1. The van der Waals surface area contributed by atoms with E-state index in [0.717, 1.165) is 5.69 Å². The van der Waals surface area contributed by atoms with Crippen molar-refractivity contribution in [2.24, 2.45) is 5.92 Å². The predicted molar refractivity (Wildman–Crippen MR) is 108 cm³/mol. The molecule has 5 nitrogen and oxygen atoms in total. The topological polar surface area (TPSA) is 52.2 Å². The molecule has 1 N–H and O–H groups in total. The van der Waals surface area contributed by atoms with Crippen molar-refractivity contribution >= 4 is 5.91 Å². The summed E-state index contributed by atoms with van der Waals surface area (Å²) in [6, 6.07) is 0. The van der Waals surface area contributed by atoms with Crippen LogP contribution in [0, 0.1) is 5.92 Å². The molecule has 1 aromatic heterocycles. The van der Waals surface area contributed by atoms with Gasteiger partial charge >= 0.3 is 12.4 Å². The van der Waals surface area contributed by atoms with Crippen LogP contribution in [0.1, 0.15) is 53.8 Å². The second kappa shape index (κ2) is 9.15. The van der Waals surface area contributed by atoms with Gasteiger partial charge in [-0.15, -0.1) is 0 Å². The predicted octanol–water partition coefficient (Wildman–Crippen LogP) is 4.78. The van der Waals surface area contributed by atoms with Crippen LogP contribution in [0.2, 0.25) is 0 Å². The number of halogens is 6. The first kappa shape index (κ1) is 23.8. The minimum absolute atomic E-state index is 0.0152. The summed E-state index contributed by atoms with van der Waals surface area (Å²) in [4.78, 5) is 16.3. The Bertz CT molecular complexity index is 938. The molecule has 4 rings (SSSR count). The summed E-state index contributed by atoms with van der Waals surface area (Å²) in [6.07, 6.45) is -4.47. The fourth-order valence-electron chi connectivity index (χ4n) is 4.92. The number of hydrogen-bond donors (Lipinski definition) is 1. The van der Waals surface area contributed by atoms with Crippen molar-refractivity contribution in [2.75, 3.05) is 26.2 Å². The van der Waals surface area contributed by atoms with Crippen molar-refractivity contribution in [3.8, 4) is 0 Å². The molecule has 0 unspecified atom stereocenters. The molecule has 1 fully saturated rings. The van der Waals surface area contributed by atoms with Gasteiger partial charge in [-0.3, -0.25) is 14.8 Å². The molecule has 0 spiro atoms. The zero-order chi connectivity index (χ0) is 23.8. The second-order valence-corrected chi connectivity index (χ2v) is 8.86. The summed E-state index contributed by atoms with van der Waals surface area (Å²) in [6.45, 7) is 1.15. The molecule has 2 aliphatic heterocycles. The molecule has 0 saturated carbocycles. The van der Waals surface area contributed by atoms with E-state index in [9.17, 15) is 31.1 Å². The highest BCUT2D eigenvalue weighted by Gasteiger charge is 2.39. The Balaban J connectivity index is 1.41. The molecular weight excluding hydrogens is 450 g/mol. The third-order valence-electron chi connectivity index (χ3n) is 6.70. The molecule has 182 valence electrons. The number of allylic oxidation sites excluding steroid dienone is 4. The van der Waals surface area contributed by atoms with E-state index in [2.05, 4.69) is 10.2 Å². The number of hydrogen-bond acceptors (Lipinski definition) is 3. The minimum Gasteiger partial charge on any atom is -0.337 e. The minimum atomic E-state index is -4.35. The summed E-state index contributed by atoms with van der Waals surface area (Å²) in [7, 11) is 0. The van der Waals surface area contributed by atoms with Gasteiger partial charge in [0.1, 0.15) is 0 Å². The van der Waals surface area contributed by atoms with Crippen molar-refractivity contribution in [1.82, 2.24) is 20.0 Å². The number of alkyl halides is 6. The summed E-state index contributed by atoms with van der Waals surface area (Å²) in [5.74, 6) is -0.582. The number of carbonyl (C=O) groups is 1. The second-order valence-electron chi connectivity index (χ2n) is 8.86. The average molecular weight is 476 g/mol. The summed E-state index contributed by atoms with van der Waals surface area (Å²) in [5.41, 5.74) is 1.44. The van der Waals surface area contributed by atoms with Crippen molar-refractivity contribution < 1.29 is 31.1 Å². The molecule has 1 aromatic rings. The Morgan fingerprint density at radius 2 is 1.82 bits per heavy atom. The van der Waals surface area contributed by atoms with Gasteiger partial charge in [0.05, 0.1) is 6.42 Å². The quantitative estimate of drug-likeness (QED) is 0.637. The lowest BCUT2D eigenvalue weighted by Crippen LogP contribution is -2.40. The largest absolute Gasteiger partial charge is 0.412 e. The molecule has 0 atom stereocenters. The SMILES string of the molecule is O=C(c1n[nH]c2c1CN(CCC(F)(F)F)CC2)N1CCC(C2=C(C(F)(F)F)CCC=C2)CC1. The number of aromatic nitrogens is 2. The van der Waals surface area contributed by atoms with Gasteiger partial charge in [0, 0.05) is 56.0 Å². The highest BCUT2D eigenvalue weighted by Crippen LogP contribution is 2.40. The van der Waals surface area contributed by atoms with Crippen LogP contribution in [0.5, 0.6) is 0 Å². The van der Waals surface area contributed by atoms with Crippen LogP contribution in [0.3, 0.4) is 0 Å². The molecule has 0 bridgehead atoms. The molecule has 1 aliphatic carbocycles. The van der Waals surface area contributed by atoms with Gasteiger partial charge < -0.3 is 4.90 Å². The van der Waals surface area contributed by atoms with Crippen LogP contribution in [0.4, 0.5) is 26.3 Å². The maximum Gasteiger partial charge on any atom is 0.412 e. The number of nitrogens with one attached hydrogen (secondary N) is 1.